The second kappa shape index (κ2) is 23.4. The summed E-state index contributed by atoms with van der Waals surface area (Å²) in [6, 6.07) is 16.1. The molecule has 0 saturated carbocycles. The third-order valence-electron chi connectivity index (χ3n) is 8.67. The predicted octanol–water partition coefficient (Wildman–Crippen LogP) is 9.29. The van der Waals surface area contributed by atoms with Gasteiger partial charge >= 0.3 is 0 Å². The first-order valence-corrected chi connectivity index (χ1v) is 25.5. The highest BCUT2D eigenvalue weighted by Gasteiger charge is 2.18. The van der Waals surface area contributed by atoms with Crippen molar-refractivity contribution in [3.05, 3.63) is 83.4 Å². The van der Waals surface area contributed by atoms with Gasteiger partial charge in [-0.2, -0.15) is 19.9 Å². The molecule has 0 aliphatic heterocycles. The number of unbranched alkanes of at least 4 members (excludes halogenated alkanes) is 2. The summed E-state index contributed by atoms with van der Waals surface area (Å²) in [6.07, 6.45) is 8.56. The van der Waals surface area contributed by atoms with Gasteiger partial charge in [-0.15, -0.1) is 0 Å². The van der Waals surface area contributed by atoms with Gasteiger partial charge in [-0.25, -0.2) is 9.97 Å². The van der Waals surface area contributed by atoms with Crippen LogP contribution in [0.3, 0.4) is 0 Å². The Kier molecular flexibility index (Phi) is 18.8. The fourth-order valence-electron chi connectivity index (χ4n) is 5.98. The molecular formula is C40H59BrN12O4P2. The van der Waals surface area contributed by atoms with Gasteiger partial charge in [0.2, 0.25) is 26.6 Å². The number of benzene rings is 2. The summed E-state index contributed by atoms with van der Waals surface area (Å²) < 4.78 is 37.0. The van der Waals surface area contributed by atoms with Gasteiger partial charge < -0.3 is 40.7 Å². The molecule has 2 aromatic carbocycles. The van der Waals surface area contributed by atoms with E-state index in [1.165, 1.54) is 5.56 Å². The highest BCUT2D eigenvalue weighted by Crippen LogP contribution is 2.47. The minimum Gasteiger partial charge on any atom is -0.382 e. The maximum absolute atomic E-state index is 12.5. The molecule has 0 spiro atoms. The Balaban J connectivity index is 0.000000215. The summed E-state index contributed by atoms with van der Waals surface area (Å²) in [6.45, 7) is 14.6. The van der Waals surface area contributed by atoms with Crippen molar-refractivity contribution in [2.45, 2.75) is 77.6 Å². The molecule has 4 heterocycles. The number of fused-ring (bicyclic) bond motifs is 2. The number of nitrogens with zero attached hydrogens (tertiary/aromatic N) is 7. The third kappa shape index (κ3) is 15.3. The highest BCUT2D eigenvalue weighted by atomic mass is 79.9. The average molecular weight is 914 g/mol. The number of nitrogens with two attached hydrogens (primary N) is 2. The van der Waals surface area contributed by atoms with Gasteiger partial charge in [0.05, 0.1) is 32.4 Å². The fraction of sp³-hybridized carbons (Fsp3) is 0.450. The molecular weight excluding hydrogens is 854 g/mol. The largest absolute Gasteiger partial charge is 0.382 e. The molecule has 6 aromatic rings. The molecule has 0 amide bonds. The van der Waals surface area contributed by atoms with Gasteiger partial charge in [0.1, 0.15) is 11.0 Å². The number of halogens is 1. The van der Waals surface area contributed by atoms with E-state index in [9.17, 15) is 9.13 Å². The number of nitrogen functional groups attached to an aromatic ring is 2. The van der Waals surface area contributed by atoms with E-state index in [-0.39, 0.29) is 0 Å². The Morgan fingerprint density at radius 2 is 1.29 bits per heavy atom. The molecule has 0 aliphatic rings. The van der Waals surface area contributed by atoms with Gasteiger partial charge in [-0.1, -0.05) is 91.1 Å². The molecule has 0 bridgehead atoms. The summed E-state index contributed by atoms with van der Waals surface area (Å²) >= 11 is 3.40. The number of alkyl halides is 1. The van der Waals surface area contributed by atoms with Gasteiger partial charge in [-0.05, 0) is 48.9 Å². The van der Waals surface area contributed by atoms with Crippen LogP contribution in [0.4, 0.5) is 23.5 Å². The molecule has 16 nitrogen and oxygen atoms in total. The fourth-order valence-corrected chi connectivity index (χ4v) is 9.33. The van der Waals surface area contributed by atoms with Gasteiger partial charge in [0.25, 0.3) is 0 Å². The summed E-state index contributed by atoms with van der Waals surface area (Å²) in [7, 11) is -5.10. The van der Waals surface area contributed by atoms with Crippen molar-refractivity contribution in [3.8, 4) is 0 Å². The molecule has 4 aromatic heterocycles. The molecule has 0 fully saturated rings. The third-order valence-corrected chi connectivity index (χ3v) is 12.8. The lowest BCUT2D eigenvalue weighted by atomic mass is 10.1. The normalized spacial score (nSPS) is 13.1. The van der Waals surface area contributed by atoms with E-state index in [1.807, 2.05) is 60.9 Å². The first-order chi connectivity index (χ1) is 28.3. The van der Waals surface area contributed by atoms with Crippen molar-refractivity contribution in [1.29, 1.82) is 0 Å². The molecule has 2 unspecified atom stereocenters. The zero-order valence-electron chi connectivity index (χ0n) is 34.9. The van der Waals surface area contributed by atoms with Crippen LogP contribution in [-0.2, 0) is 42.4 Å². The standard InChI is InChI=1S/C20H29N6O2P.C11H16BrO2P.C9H14N6/c1-4-6-10-22-20-24-18(21)17-19(25-20)26(14-23-17)12-15-8-7-9-16(11-15)13-29(3,27)28-5-2;1-3-14-15(2,13)9-11-6-4-5-10(7-11)8-12;1-2-3-4-11-9-14-7(10)6-8(15-9)13-5-12-6/h7-9,11,14H,4-6,10,12-13H2,1-3H3,(H3,21,22,24,25);4-7H,3,8-9H2,1-2H3;5H,2-4H2,1H3,(H4,10,11,12,13,14,15). The smallest absolute Gasteiger partial charge is 0.226 e. The number of hydrogen-bond acceptors (Lipinski definition) is 14. The monoisotopic (exact) mass is 912 g/mol. The maximum Gasteiger partial charge on any atom is 0.226 e. The number of anilines is 4. The Morgan fingerprint density at radius 3 is 1.86 bits per heavy atom. The van der Waals surface area contributed by atoms with Crippen molar-refractivity contribution in [2.75, 3.05) is 61.7 Å². The van der Waals surface area contributed by atoms with Crippen molar-refractivity contribution in [2.24, 2.45) is 0 Å². The van der Waals surface area contributed by atoms with Crippen LogP contribution in [0, 0.1) is 0 Å². The quantitative estimate of drug-likeness (QED) is 0.0290. The number of H-pyrrole nitrogens is 1. The van der Waals surface area contributed by atoms with Gasteiger partial charge in [-0.3, -0.25) is 9.13 Å². The maximum atomic E-state index is 12.5. The van der Waals surface area contributed by atoms with Crippen LogP contribution in [0.15, 0.2) is 61.2 Å². The summed E-state index contributed by atoms with van der Waals surface area (Å²) in [5.74, 6) is 1.85. The van der Waals surface area contributed by atoms with E-state index in [1.54, 1.807) is 26.0 Å². The first-order valence-electron chi connectivity index (χ1n) is 19.9. The lowest BCUT2D eigenvalue weighted by Crippen LogP contribution is -2.08. The van der Waals surface area contributed by atoms with Crippen LogP contribution < -0.4 is 22.1 Å². The Hall–Kier alpha value is -4.40. The Bertz CT molecular complexity index is 2320. The molecule has 6 rings (SSSR count). The van der Waals surface area contributed by atoms with E-state index < -0.39 is 14.7 Å². The summed E-state index contributed by atoms with van der Waals surface area (Å²) in [5.41, 5.74) is 18.7. The second-order valence-corrected chi connectivity index (χ2v) is 19.8. The number of aromatic nitrogens is 8. The van der Waals surface area contributed by atoms with E-state index >= 15 is 0 Å². The van der Waals surface area contributed by atoms with E-state index in [4.69, 9.17) is 20.5 Å². The zero-order chi connectivity index (χ0) is 42.8. The molecule has 0 saturated heterocycles. The minimum atomic E-state index is -2.64. The van der Waals surface area contributed by atoms with Crippen molar-refractivity contribution in [3.63, 3.8) is 0 Å². The van der Waals surface area contributed by atoms with Crippen LogP contribution in [0.5, 0.6) is 0 Å². The minimum absolute atomic E-state index is 0.366. The molecule has 0 aliphatic carbocycles. The van der Waals surface area contributed by atoms with Crippen LogP contribution >= 0.6 is 30.7 Å². The number of rotatable bonds is 19. The number of nitrogens with one attached hydrogen (secondary N) is 3. The lowest BCUT2D eigenvalue weighted by Gasteiger charge is -2.13. The van der Waals surface area contributed by atoms with E-state index in [0.717, 1.165) is 60.8 Å². The Morgan fingerprint density at radius 1 is 0.746 bits per heavy atom. The number of aromatic amines is 1. The van der Waals surface area contributed by atoms with Crippen LogP contribution in [0.1, 0.15) is 75.6 Å². The van der Waals surface area contributed by atoms with Crippen LogP contribution in [0.2, 0.25) is 0 Å². The molecule has 7 N–H and O–H groups in total. The topological polar surface area (TPSA) is 227 Å². The number of imidazole rings is 2. The van der Waals surface area contributed by atoms with Gasteiger partial charge in [0, 0.05) is 44.1 Å². The van der Waals surface area contributed by atoms with Crippen molar-refractivity contribution in [1.82, 2.24) is 39.5 Å². The van der Waals surface area contributed by atoms with Crippen LogP contribution in [0.25, 0.3) is 22.3 Å². The zero-order valence-corrected chi connectivity index (χ0v) is 38.3. The summed E-state index contributed by atoms with van der Waals surface area (Å²) in [5, 5.41) is 7.15. The second-order valence-electron chi connectivity index (χ2n) is 14.0. The van der Waals surface area contributed by atoms with E-state index in [2.05, 4.69) is 81.4 Å². The molecule has 0 radical (unpaired) electrons. The molecule has 2 atom stereocenters. The van der Waals surface area contributed by atoms with E-state index in [0.29, 0.717) is 77.9 Å². The highest BCUT2D eigenvalue weighted by molar-refractivity contribution is 9.08. The molecule has 59 heavy (non-hydrogen) atoms. The van der Waals surface area contributed by atoms with Gasteiger partial charge in [0.15, 0.2) is 22.9 Å². The Labute approximate surface area is 355 Å². The summed E-state index contributed by atoms with van der Waals surface area (Å²) in [4.78, 5) is 28.6. The molecule has 19 heteroatoms. The van der Waals surface area contributed by atoms with Crippen molar-refractivity contribution < 1.29 is 18.2 Å². The predicted molar refractivity (Wildman–Crippen MR) is 245 cm³/mol. The average Bonchev–Trinajstić information content (AvgIpc) is 3.83. The van der Waals surface area contributed by atoms with Crippen molar-refractivity contribution >= 4 is 76.5 Å². The SMILES string of the molecule is CCCCNc1nc(N)c2[nH]cnc2n1.CCCCNc1nc(N)c2ncn(Cc3cccc(CP(C)(=O)OCC)c3)c2n1.CCOP(C)(=O)Cc1cccc(CBr)c1. The first kappa shape index (κ1) is 47.3. The molecule has 320 valence electrons. The van der Waals surface area contributed by atoms with Crippen LogP contribution in [-0.4, -0.2) is 79.1 Å². The lowest BCUT2D eigenvalue weighted by molar-refractivity contribution is 0.335. The number of hydrogen-bond donors (Lipinski definition) is 5.